The molecule has 9 heteroatoms. The van der Waals surface area contributed by atoms with Gasteiger partial charge in [-0.25, -0.2) is 13.8 Å². The van der Waals surface area contributed by atoms with E-state index < -0.39 is 22.0 Å². The highest BCUT2D eigenvalue weighted by molar-refractivity contribution is 7.89. The summed E-state index contributed by atoms with van der Waals surface area (Å²) in [6.45, 7) is 2.97. The van der Waals surface area contributed by atoms with Gasteiger partial charge >= 0.3 is 0 Å². The molecule has 1 fully saturated rings. The average molecular weight is 450 g/mol. The van der Waals surface area contributed by atoms with Crippen molar-refractivity contribution in [2.24, 2.45) is 5.10 Å². The summed E-state index contributed by atoms with van der Waals surface area (Å²) in [5.41, 5.74) is 3.24. The summed E-state index contributed by atoms with van der Waals surface area (Å²) in [5.74, 6) is 0.316. The Kier molecular flexibility index (Phi) is 7.47. The Balaban J connectivity index is 1.63. The van der Waals surface area contributed by atoms with E-state index in [2.05, 4.69) is 10.5 Å². The van der Waals surface area contributed by atoms with Crippen LogP contribution in [0.5, 0.6) is 5.75 Å². The van der Waals surface area contributed by atoms with Crippen molar-refractivity contribution in [3.8, 4) is 5.75 Å². The number of hydrazone groups is 1. The number of hydrogen-bond donors (Lipinski definition) is 1. The zero-order chi connectivity index (χ0) is 21.6. The quantitative estimate of drug-likeness (QED) is 0.494. The third-order valence-corrected chi connectivity index (χ3v) is 6.84. The van der Waals surface area contributed by atoms with E-state index in [9.17, 15) is 13.2 Å². The van der Waals surface area contributed by atoms with Crippen molar-refractivity contribution in [3.63, 3.8) is 0 Å². The first-order chi connectivity index (χ1) is 14.4. The topological polar surface area (TPSA) is 88.1 Å². The summed E-state index contributed by atoms with van der Waals surface area (Å²) in [4.78, 5) is 12.7. The number of carbonyl (C=O) groups excluding carboxylic acids is 1. The standard InChI is InChI=1S/C21H24ClN3O4S/c1-2-14-29-18-9-5-16(6-10-18)15-23-24-21(26)20-4-3-13-25(20)30(27,28)19-11-7-17(22)8-12-19/h5-12,15,20H,2-4,13-14H2,1H3,(H,24,26)/b23-15-/t20-/m1/s1. The maximum Gasteiger partial charge on any atom is 0.258 e. The minimum atomic E-state index is -3.79. The molecule has 7 nitrogen and oxygen atoms in total. The Hall–Kier alpha value is -2.42. The molecule has 30 heavy (non-hydrogen) atoms. The molecule has 1 saturated heterocycles. The lowest BCUT2D eigenvalue weighted by Gasteiger charge is -2.22. The number of sulfonamides is 1. The third-order valence-electron chi connectivity index (χ3n) is 4.67. The van der Waals surface area contributed by atoms with Crippen molar-refractivity contribution < 1.29 is 17.9 Å². The molecule has 1 atom stereocenters. The maximum absolute atomic E-state index is 12.9. The molecule has 2 aromatic rings. The number of nitrogens with zero attached hydrogens (tertiary/aromatic N) is 2. The van der Waals surface area contributed by atoms with Crippen LogP contribution in [-0.2, 0) is 14.8 Å². The summed E-state index contributed by atoms with van der Waals surface area (Å²) >= 11 is 5.84. The number of halogens is 1. The van der Waals surface area contributed by atoms with Gasteiger partial charge in [0.25, 0.3) is 5.91 Å². The van der Waals surface area contributed by atoms with Crippen molar-refractivity contribution in [2.45, 2.75) is 37.1 Å². The van der Waals surface area contributed by atoms with Crippen molar-refractivity contribution in [3.05, 3.63) is 59.1 Å². The van der Waals surface area contributed by atoms with Crippen molar-refractivity contribution in [1.29, 1.82) is 0 Å². The van der Waals surface area contributed by atoms with Crippen molar-refractivity contribution in [2.75, 3.05) is 13.2 Å². The molecule has 0 unspecified atom stereocenters. The van der Waals surface area contributed by atoms with Crippen LogP contribution in [-0.4, -0.2) is 44.0 Å². The lowest BCUT2D eigenvalue weighted by atomic mass is 10.2. The van der Waals surface area contributed by atoms with Gasteiger partial charge in [0.15, 0.2) is 0 Å². The van der Waals surface area contributed by atoms with E-state index >= 15 is 0 Å². The molecule has 3 rings (SSSR count). The second-order valence-electron chi connectivity index (χ2n) is 6.88. The molecule has 0 aromatic heterocycles. The molecule has 1 N–H and O–H groups in total. The number of ether oxygens (including phenoxy) is 1. The van der Waals surface area contributed by atoms with E-state index in [-0.39, 0.29) is 11.4 Å². The predicted molar refractivity (Wildman–Crippen MR) is 116 cm³/mol. The summed E-state index contributed by atoms with van der Waals surface area (Å²) < 4.78 is 32.6. The Morgan fingerprint density at radius 1 is 1.23 bits per heavy atom. The summed E-state index contributed by atoms with van der Waals surface area (Å²) in [5, 5.41) is 4.42. The molecule has 1 aliphatic rings. The molecule has 1 amide bonds. The van der Waals surface area contributed by atoms with Crippen molar-refractivity contribution >= 4 is 33.7 Å². The molecule has 160 valence electrons. The van der Waals surface area contributed by atoms with Crippen LogP contribution < -0.4 is 10.2 Å². The minimum Gasteiger partial charge on any atom is -0.494 e. The van der Waals surface area contributed by atoms with Gasteiger partial charge in [0.05, 0.1) is 17.7 Å². The second kappa shape index (κ2) is 10.1. The molecule has 2 aromatic carbocycles. The van der Waals surface area contributed by atoms with Crippen LogP contribution in [0.25, 0.3) is 0 Å². The predicted octanol–water partition coefficient (Wildman–Crippen LogP) is 3.43. The molecular formula is C21H24ClN3O4S. The van der Waals surface area contributed by atoms with E-state index in [4.69, 9.17) is 16.3 Å². The Bertz CT molecular complexity index is 992. The number of hydrogen-bond acceptors (Lipinski definition) is 5. The molecule has 0 aliphatic carbocycles. The number of nitrogens with one attached hydrogen (secondary N) is 1. The fraction of sp³-hybridized carbons (Fsp3) is 0.333. The van der Waals surface area contributed by atoms with Gasteiger partial charge in [-0.1, -0.05) is 18.5 Å². The molecule has 1 aliphatic heterocycles. The summed E-state index contributed by atoms with van der Waals surface area (Å²) in [7, 11) is -3.79. The minimum absolute atomic E-state index is 0.112. The summed E-state index contributed by atoms with van der Waals surface area (Å²) in [6, 6.07) is 12.4. The SMILES string of the molecule is CCCOc1ccc(/C=N\NC(=O)[C@H]2CCCN2S(=O)(=O)c2ccc(Cl)cc2)cc1. The number of rotatable bonds is 8. The van der Waals surface area contributed by atoms with Gasteiger partial charge in [0.1, 0.15) is 11.8 Å². The first-order valence-electron chi connectivity index (χ1n) is 9.75. The van der Waals surface area contributed by atoms with Gasteiger partial charge in [-0.2, -0.15) is 9.41 Å². The van der Waals surface area contributed by atoms with Crippen LogP contribution in [0.4, 0.5) is 0 Å². The molecular weight excluding hydrogens is 426 g/mol. The van der Waals surface area contributed by atoms with Crippen molar-refractivity contribution in [1.82, 2.24) is 9.73 Å². The smallest absolute Gasteiger partial charge is 0.258 e. The van der Waals surface area contributed by atoms with Gasteiger partial charge in [0.2, 0.25) is 10.0 Å². The Morgan fingerprint density at radius 2 is 1.93 bits per heavy atom. The Labute approximate surface area is 181 Å². The van der Waals surface area contributed by atoms with Gasteiger partial charge in [-0.05, 0) is 73.4 Å². The van der Waals surface area contributed by atoms with E-state index in [1.54, 1.807) is 0 Å². The second-order valence-corrected chi connectivity index (χ2v) is 9.21. The highest BCUT2D eigenvalue weighted by Gasteiger charge is 2.39. The summed E-state index contributed by atoms with van der Waals surface area (Å²) in [6.07, 6.45) is 3.49. The van der Waals surface area contributed by atoms with E-state index in [1.807, 2.05) is 31.2 Å². The highest BCUT2D eigenvalue weighted by atomic mass is 35.5. The lowest BCUT2D eigenvalue weighted by molar-refractivity contribution is -0.124. The fourth-order valence-electron chi connectivity index (χ4n) is 3.15. The molecule has 0 saturated carbocycles. The van der Waals surface area contributed by atoms with Gasteiger partial charge in [-0.3, -0.25) is 4.79 Å². The highest BCUT2D eigenvalue weighted by Crippen LogP contribution is 2.27. The van der Waals surface area contributed by atoms with Crippen LogP contribution in [0.15, 0.2) is 58.5 Å². The van der Waals surface area contributed by atoms with Crippen LogP contribution >= 0.6 is 11.6 Å². The monoisotopic (exact) mass is 449 g/mol. The van der Waals surface area contributed by atoms with Gasteiger partial charge in [-0.15, -0.1) is 0 Å². The molecule has 0 radical (unpaired) electrons. The van der Waals surface area contributed by atoms with Crippen LogP contribution in [0.1, 0.15) is 31.7 Å². The van der Waals surface area contributed by atoms with Gasteiger partial charge in [0, 0.05) is 11.6 Å². The van der Waals surface area contributed by atoms with Crippen LogP contribution in [0.3, 0.4) is 0 Å². The number of amides is 1. The first-order valence-corrected chi connectivity index (χ1v) is 11.6. The van der Waals surface area contributed by atoms with E-state index in [0.29, 0.717) is 24.5 Å². The molecule has 0 bridgehead atoms. The van der Waals surface area contributed by atoms with Crippen LogP contribution in [0.2, 0.25) is 5.02 Å². The fourth-order valence-corrected chi connectivity index (χ4v) is 4.93. The molecule has 1 heterocycles. The normalized spacial score (nSPS) is 17.3. The average Bonchev–Trinajstić information content (AvgIpc) is 3.24. The van der Waals surface area contributed by atoms with E-state index in [1.165, 1.54) is 34.8 Å². The first kappa shape index (κ1) is 22.3. The number of carbonyl (C=O) groups is 1. The van der Waals surface area contributed by atoms with Crippen LogP contribution in [0, 0.1) is 0 Å². The number of benzene rings is 2. The van der Waals surface area contributed by atoms with Gasteiger partial charge < -0.3 is 4.74 Å². The lowest BCUT2D eigenvalue weighted by Crippen LogP contribution is -2.44. The van der Waals surface area contributed by atoms with E-state index in [0.717, 1.165) is 17.7 Å². The molecule has 0 spiro atoms. The Morgan fingerprint density at radius 3 is 2.60 bits per heavy atom. The zero-order valence-corrected chi connectivity index (χ0v) is 18.2. The maximum atomic E-state index is 12.9. The largest absolute Gasteiger partial charge is 0.494 e. The third kappa shape index (κ3) is 5.38. The zero-order valence-electron chi connectivity index (χ0n) is 16.6.